The van der Waals surface area contributed by atoms with E-state index in [1.807, 2.05) is 0 Å². The number of carbonyl (C=O) groups is 1. The molecule has 0 spiro atoms. The van der Waals surface area contributed by atoms with Crippen LogP contribution in [-0.4, -0.2) is 29.2 Å². The third-order valence-electron chi connectivity index (χ3n) is 2.99. The minimum absolute atomic E-state index is 0.133. The van der Waals surface area contributed by atoms with E-state index in [0.29, 0.717) is 18.9 Å². The third kappa shape index (κ3) is 3.34. The summed E-state index contributed by atoms with van der Waals surface area (Å²) in [7, 11) is 0. The lowest BCUT2D eigenvalue weighted by molar-refractivity contribution is -0.121. The Morgan fingerprint density at radius 3 is 3.25 bits per heavy atom. The van der Waals surface area contributed by atoms with Crippen LogP contribution in [0.25, 0.3) is 0 Å². The first kappa shape index (κ1) is 11.1. The van der Waals surface area contributed by atoms with Crippen molar-refractivity contribution in [2.45, 2.75) is 25.8 Å². The molecule has 1 atom stereocenters. The molecule has 3 N–H and O–H groups in total. The van der Waals surface area contributed by atoms with Gasteiger partial charge in [-0.05, 0) is 31.8 Å². The average Bonchev–Trinajstić information content (AvgIpc) is 2.96. The van der Waals surface area contributed by atoms with Crippen LogP contribution < -0.4 is 10.6 Å². The lowest BCUT2D eigenvalue weighted by Crippen LogP contribution is -2.23. The van der Waals surface area contributed by atoms with Crippen molar-refractivity contribution in [1.29, 1.82) is 0 Å². The summed E-state index contributed by atoms with van der Waals surface area (Å²) in [5.41, 5.74) is 1.01. The highest BCUT2D eigenvalue weighted by molar-refractivity contribution is 5.75. The Hall–Kier alpha value is -1.36. The fourth-order valence-corrected chi connectivity index (χ4v) is 1.96. The van der Waals surface area contributed by atoms with Crippen LogP contribution in [-0.2, 0) is 11.3 Å². The van der Waals surface area contributed by atoms with Gasteiger partial charge in [0.25, 0.3) is 0 Å². The van der Waals surface area contributed by atoms with Gasteiger partial charge >= 0.3 is 0 Å². The molecule has 1 unspecified atom stereocenters. The summed E-state index contributed by atoms with van der Waals surface area (Å²) in [6, 6.07) is 0. The van der Waals surface area contributed by atoms with Gasteiger partial charge in [-0.2, -0.15) is 5.10 Å². The van der Waals surface area contributed by atoms with Crippen LogP contribution >= 0.6 is 0 Å². The van der Waals surface area contributed by atoms with Crippen LogP contribution in [0.2, 0.25) is 0 Å². The van der Waals surface area contributed by atoms with Crippen molar-refractivity contribution < 1.29 is 4.79 Å². The molecule has 1 aromatic heterocycles. The molecule has 1 aromatic rings. The molecular formula is C11H18N4O. The van der Waals surface area contributed by atoms with Gasteiger partial charge in [-0.25, -0.2) is 0 Å². The first-order valence-electron chi connectivity index (χ1n) is 5.79. The highest BCUT2D eigenvalue weighted by Crippen LogP contribution is 2.13. The first-order valence-corrected chi connectivity index (χ1v) is 5.79. The number of rotatable bonds is 5. The average molecular weight is 222 g/mol. The molecule has 16 heavy (non-hydrogen) atoms. The van der Waals surface area contributed by atoms with E-state index in [4.69, 9.17) is 0 Å². The van der Waals surface area contributed by atoms with E-state index in [0.717, 1.165) is 25.1 Å². The zero-order valence-corrected chi connectivity index (χ0v) is 9.33. The van der Waals surface area contributed by atoms with Crippen molar-refractivity contribution in [3.8, 4) is 0 Å². The maximum atomic E-state index is 11.5. The van der Waals surface area contributed by atoms with E-state index in [1.165, 1.54) is 6.42 Å². The molecule has 1 saturated heterocycles. The molecule has 1 fully saturated rings. The van der Waals surface area contributed by atoms with Crippen molar-refractivity contribution in [2.75, 3.05) is 13.1 Å². The first-order chi connectivity index (χ1) is 7.84. The van der Waals surface area contributed by atoms with E-state index in [-0.39, 0.29) is 5.91 Å². The summed E-state index contributed by atoms with van der Waals surface area (Å²) in [5.74, 6) is 0.813. The number of hydrogen-bond acceptors (Lipinski definition) is 3. The van der Waals surface area contributed by atoms with Crippen LogP contribution in [0.1, 0.15) is 24.8 Å². The van der Waals surface area contributed by atoms with Crippen molar-refractivity contribution >= 4 is 5.91 Å². The zero-order valence-electron chi connectivity index (χ0n) is 9.33. The molecule has 0 aliphatic carbocycles. The predicted molar refractivity (Wildman–Crippen MR) is 60.6 cm³/mol. The van der Waals surface area contributed by atoms with Gasteiger partial charge in [0.1, 0.15) is 0 Å². The Morgan fingerprint density at radius 1 is 1.62 bits per heavy atom. The van der Waals surface area contributed by atoms with Crippen molar-refractivity contribution in [3.05, 3.63) is 18.0 Å². The fraction of sp³-hybridized carbons (Fsp3) is 0.636. The van der Waals surface area contributed by atoms with Gasteiger partial charge in [-0.3, -0.25) is 9.89 Å². The Morgan fingerprint density at radius 2 is 2.56 bits per heavy atom. The summed E-state index contributed by atoms with van der Waals surface area (Å²) in [5, 5.41) is 12.7. The minimum Gasteiger partial charge on any atom is -0.352 e. The van der Waals surface area contributed by atoms with Crippen LogP contribution in [0.15, 0.2) is 12.4 Å². The van der Waals surface area contributed by atoms with Gasteiger partial charge in [-0.1, -0.05) is 0 Å². The second-order valence-corrected chi connectivity index (χ2v) is 4.28. The normalized spacial score (nSPS) is 19.9. The number of nitrogens with one attached hydrogen (secondary N) is 3. The van der Waals surface area contributed by atoms with E-state index in [9.17, 15) is 4.79 Å². The summed E-state index contributed by atoms with van der Waals surface area (Å²) in [4.78, 5) is 11.5. The Labute approximate surface area is 95.0 Å². The quantitative estimate of drug-likeness (QED) is 0.676. The van der Waals surface area contributed by atoms with Crippen LogP contribution in [0.4, 0.5) is 0 Å². The molecule has 1 aliphatic rings. The molecule has 5 heteroatoms. The molecule has 0 saturated carbocycles. The Bertz CT molecular complexity index is 317. The monoisotopic (exact) mass is 222 g/mol. The number of aromatic nitrogens is 2. The number of amides is 1. The van der Waals surface area contributed by atoms with Crippen molar-refractivity contribution in [1.82, 2.24) is 20.8 Å². The van der Waals surface area contributed by atoms with Crippen LogP contribution in [0.5, 0.6) is 0 Å². The fourth-order valence-electron chi connectivity index (χ4n) is 1.96. The van der Waals surface area contributed by atoms with Gasteiger partial charge in [0.2, 0.25) is 5.91 Å². The molecule has 0 bridgehead atoms. The Kier molecular flexibility index (Phi) is 3.93. The van der Waals surface area contributed by atoms with Gasteiger partial charge in [-0.15, -0.1) is 0 Å². The summed E-state index contributed by atoms with van der Waals surface area (Å²) in [6.07, 6.45) is 6.34. The molecule has 1 aliphatic heterocycles. The summed E-state index contributed by atoms with van der Waals surface area (Å²) >= 11 is 0. The lowest BCUT2D eigenvalue weighted by Gasteiger charge is -2.07. The molecule has 1 amide bonds. The lowest BCUT2D eigenvalue weighted by atomic mass is 10.0. The maximum Gasteiger partial charge on any atom is 0.220 e. The molecule has 5 nitrogen and oxygen atoms in total. The summed E-state index contributed by atoms with van der Waals surface area (Å²) in [6.45, 7) is 2.73. The second kappa shape index (κ2) is 5.65. The number of H-pyrrole nitrogens is 1. The van der Waals surface area contributed by atoms with E-state index >= 15 is 0 Å². The molecular weight excluding hydrogens is 204 g/mol. The number of hydrogen-bond donors (Lipinski definition) is 3. The number of aromatic amines is 1. The third-order valence-corrected chi connectivity index (χ3v) is 2.99. The van der Waals surface area contributed by atoms with E-state index < -0.39 is 0 Å². The van der Waals surface area contributed by atoms with Crippen LogP contribution in [0, 0.1) is 5.92 Å². The highest BCUT2D eigenvalue weighted by atomic mass is 16.1. The summed E-state index contributed by atoms with van der Waals surface area (Å²) < 4.78 is 0. The van der Waals surface area contributed by atoms with Gasteiger partial charge in [0.15, 0.2) is 0 Å². The van der Waals surface area contributed by atoms with Gasteiger partial charge in [0.05, 0.1) is 6.20 Å². The molecule has 0 radical (unpaired) electrons. The van der Waals surface area contributed by atoms with Crippen molar-refractivity contribution in [3.63, 3.8) is 0 Å². The zero-order chi connectivity index (χ0) is 11.2. The molecule has 2 rings (SSSR count). The Balaban J connectivity index is 1.60. The van der Waals surface area contributed by atoms with E-state index in [1.54, 1.807) is 12.4 Å². The number of nitrogens with zero attached hydrogens (tertiary/aromatic N) is 1. The number of carbonyl (C=O) groups excluding carboxylic acids is 1. The standard InChI is InChI=1S/C11H18N4O/c16-11(2-1-9-3-4-12-5-9)13-6-10-7-14-15-8-10/h7-9,12H,1-6H2,(H,13,16)(H,14,15). The van der Waals surface area contributed by atoms with Gasteiger partial charge in [0, 0.05) is 24.7 Å². The highest BCUT2D eigenvalue weighted by Gasteiger charge is 2.15. The largest absolute Gasteiger partial charge is 0.352 e. The predicted octanol–water partition coefficient (Wildman–Crippen LogP) is 0.416. The van der Waals surface area contributed by atoms with Gasteiger partial charge < -0.3 is 10.6 Å². The van der Waals surface area contributed by atoms with Crippen molar-refractivity contribution in [2.24, 2.45) is 5.92 Å². The molecule has 0 aromatic carbocycles. The second-order valence-electron chi connectivity index (χ2n) is 4.28. The molecule has 2 heterocycles. The smallest absolute Gasteiger partial charge is 0.220 e. The maximum absolute atomic E-state index is 11.5. The SMILES string of the molecule is O=C(CCC1CCNC1)NCc1cn[nH]c1. The van der Waals surface area contributed by atoms with Crippen LogP contribution in [0.3, 0.4) is 0 Å². The minimum atomic E-state index is 0.133. The topological polar surface area (TPSA) is 69.8 Å². The molecule has 88 valence electrons. The van der Waals surface area contributed by atoms with E-state index in [2.05, 4.69) is 20.8 Å².